The Balaban J connectivity index is 1.86. The highest BCUT2D eigenvalue weighted by Gasteiger charge is 2.10. The van der Waals surface area contributed by atoms with Gasteiger partial charge in [-0.3, -0.25) is 0 Å². The van der Waals surface area contributed by atoms with E-state index in [-0.39, 0.29) is 0 Å². The largest absolute Gasteiger partial charge is 0.385 e. The summed E-state index contributed by atoms with van der Waals surface area (Å²) in [7, 11) is 0. The highest BCUT2D eigenvalue weighted by molar-refractivity contribution is 5.50. The van der Waals surface area contributed by atoms with E-state index in [0.29, 0.717) is 5.92 Å². The summed E-state index contributed by atoms with van der Waals surface area (Å²) in [6, 6.07) is 6.80. The molecule has 16 heavy (non-hydrogen) atoms. The molecule has 0 radical (unpaired) electrons. The van der Waals surface area contributed by atoms with Gasteiger partial charge in [-0.2, -0.15) is 0 Å². The lowest BCUT2D eigenvalue weighted by atomic mass is 10.1. The Labute approximate surface area is 98.2 Å². The van der Waals surface area contributed by atoms with Gasteiger partial charge in [0.2, 0.25) is 0 Å². The maximum absolute atomic E-state index is 5.60. The van der Waals surface area contributed by atoms with Crippen molar-refractivity contribution in [3.8, 4) is 0 Å². The summed E-state index contributed by atoms with van der Waals surface area (Å²) < 4.78 is 0. The third kappa shape index (κ3) is 2.76. The highest BCUT2D eigenvalue weighted by Crippen LogP contribution is 2.24. The van der Waals surface area contributed by atoms with Crippen molar-refractivity contribution < 1.29 is 0 Å². The zero-order chi connectivity index (χ0) is 11.4. The van der Waals surface area contributed by atoms with Gasteiger partial charge >= 0.3 is 0 Å². The molecule has 0 spiro atoms. The topological polar surface area (TPSA) is 38.0 Å². The number of nitrogens with two attached hydrogens (primary N) is 1. The number of fused-ring (bicyclic) bond motifs is 1. The van der Waals surface area contributed by atoms with Crippen molar-refractivity contribution in [3.63, 3.8) is 0 Å². The van der Waals surface area contributed by atoms with Crippen molar-refractivity contribution in [3.05, 3.63) is 29.3 Å². The average Bonchev–Trinajstić information content (AvgIpc) is 2.76. The Kier molecular flexibility index (Phi) is 3.83. The Morgan fingerprint density at radius 3 is 2.94 bits per heavy atom. The van der Waals surface area contributed by atoms with Crippen LogP contribution in [0.5, 0.6) is 0 Å². The molecule has 0 saturated carbocycles. The molecular formula is C14H22N2. The van der Waals surface area contributed by atoms with Crippen LogP contribution in [0, 0.1) is 5.92 Å². The molecule has 88 valence electrons. The van der Waals surface area contributed by atoms with E-state index in [1.54, 1.807) is 5.56 Å². The lowest BCUT2D eigenvalue weighted by molar-refractivity contribution is 0.561. The summed E-state index contributed by atoms with van der Waals surface area (Å²) in [4.78, 5) is 0. The SMILES string of the molecule is CC(CN)CCNc1ccc2c(c1)CCC2. The number of anilines is 1. The van der Waals surface area contributed by atoms with Gasteiger partial charge in [0.25, 0.3) is 0 Å². The van der Waals surface area contributed by atoms with E-state index in [1.807, 2.05) is 0 Å². The van der Waals surface area contributed by atoms with Gasteiger partial charge in [-0.05, 0) is 61.4 Å². The molecular weight excluding hydrogens is 196 g/mol. The summed E-state index contributed by atoms with van der Waals surface area (Å²) in [5.74, 6) is 0.613. The molecule has 1 aromatic carbocycles. The van der Waals surface area contributed by atoms with Crippen LogP contribution >= 0.6 is 0 Å². The normalized spacial score (nSPS) is 15.9. The molecule has 1 aliphatic rings. The molecule has 0 amide bonds. The van der Waals surface area contributed by atoms with Gasteiger partial charge in [-0.1, -0.05) is 13.0 Å². The van der Waals surface area contributed by atoms with E-state index in [4.69, 9.17) is 5.73 Å². The second-order valence-corrected chi connectivity index (χ2v) is 4.89. The van der Waals surface area contributed by atoms with Crippen LogP contribution in [-0.2, 0) is 12.8 Å². The smallest absolute Gasteiger partial charge is 0.0343 e. The minimum absolute atomic E-state index is 0.613. The third-order valence-corrected chi connectivity index (χ3v) is 3.47. The Hall–Kier alpha value is -1.02. The molecule has 2 nitrogen and oxygen atoms in total. The quantitative estimate of drug-likeness (QED) is 0.797. The van der Waals surface area contributed by atoms with Crippen molar-refractivity contribution in [2.24, 2.45) is 11.7 Å². The predicted octanol–water partition coefficient (Wildman–Crippen LogP) is 2.57. The van der Waals surface area contributed by atoms with Crippen LogP contribution in [0.3, 0.4) is 0 Å². The molecule has 3 N–H and O–H groups in total. The zero-order valence-electron chi connectivity index (χ0n) is 10.1. The molecule has 1 aromatic rings. The molecule has 0 aromatic heterocycles. The summed E-state index contributed by atoms with van der Waals surface area (Å²) in [6.07, 6.45) is 4.99. The van der Waals surface area contributed by atoms with Gasteiger partial charge in [0, 0.05) is 12.2 Å². The Bertz CT molecular complexity index is 347. The minimum Gasteiger partial charge on any atom is -0.385 e. The molecule has 2 heteroatoms. The first-order chi connectivity index (χ1) is 7.79. The molecule has 0 bridgehead atoms. The Morgan fingerprint density at radius 2 is 2.12 bits per heavy atom. The lowest BCUT2D eigenvalue weighted by Crippen LogP contribution is -2.14. The monoisotopic (exact) mass is 218 g/mol. The summed E-state index contributed by atoms with van der Waals surface area (Å²) in [5, 5.41) is 3.48. The van der Waals surface area contributed by atoms with Crippen LogP contribution in [0.25, 0.3) is 0 Å². The van der Waals surface area contributed by atoms with Crippen LogP contribution in [0.15, 0.2) is 18.2 Å². The molecule has 1 unspecified atom stereocenters. The van der Waals surface area contributed by atoms with Gasteiger partial charge in [-0.15, -0.1) is 0 Å². The van der Waals surface area contributed by atoms with Crippen molar-refractivity contribution in [1.82, 2.24) is 0 Å². The minimum atomic E-state index is 0.613. The Morgan fingerprint density at radius 1 is 1.31 bits per heavy atom. The highest BCUT2D eigenvalue weighted by atomic mass is 14.9. The van der Waals surface area contributed by atoms with E-state index in [2.05, 4.69) is 30.4 Å². The summed E-state index contributed by atoms with van der Waals surface area (Å²) >= 11 is 0. The van der Waals surface area contributed by atoms with Crippen molar-refractivity contribution in [1.29, 1.82) is 0 Å². The number of aryl methyl sites for hydroxylation is 2. The van der Waals surface area contributed by atoms with E-state index in [1.165, 1.54) is 30.5 Å². The third-order valence-electron chi connectivity index (χ3n) is 3.47. The number of rotatable bonds is 5. The molecule has 0 aliphatic heterocycles. The van der Waals surface area contributed by atoms with Crippen molar-refractivity contribution in [2.75, 3.05) is 18.4 Å². The lowest BCUT2D eigenvalue weighted by Gasteiger charge is -2.11. The van der Waals surface area contributed by atoms with E-state index in [0.717, 1.165) is 19.5 Å². The van der Waals surface area contributed by atoms with Crippen LogP contribution in [0.4, 0.5) is 5.69 Å². The number of benzene rings is 1. The van der Waals surface area contributed by atoms with Gasteiger partial charge < -0.3 is 11.1 Å². The second kappa shape index (κ2) is 5.35. The van der Waals surface area contributed by atoms with Crippen molar-refractivity contribution >= 4 is 5.69 Å². The maximum atomic E-state index is 5.60. The zero-order valence-corrected chi connectivity index (χ0v) is 10.1. The first-order valence-corrected chi connectivity index (χ1v) is 6.35. The molecule has 0 fully saturated rings. The standard InChI is InChI=1S/C14H22N2/c1-11(10-15)7-8-16-14-6-5-12-3-2-4-13(12)9-14/h5-6,9,11,16H,2-4,7-8,10,15H2,1H3. The van der Waals surface area contributed by atoms with Crippen LogP contribution in [-0.4, -0.2) is 13.1 Å². The number of hydrogen-bond acceptors (Lipinski definition) is 2. The number of hydrogen-bond donors (Lipinski definition) is 2. The number of nitrogens with one attached hydrogen (secondary N) is 1. The first kappa shape index (κ1) is 11.5. The van der Waals surface area contributed by atoms with Gasteiger partial charge in [0.1, 0.15) is 0 Å². The summed E-state index contributed by atoms with van der Waals surface area (Å²) in [6.45, 7) is 4.01. The van der Waals surface area contributed by atoms with E-state index < -0.39 is 0 Å². The molecule has 1 atom stereocenters. The summed E-state index contributed by atoms with van der Waals surface area (Å²) in [5.41, 5.74) is 9.95. The fourth-order valence-electron chi connectivity index (χ4n) is 2.26. The van der Waals surface area contributed by atoms with Crippen LogP contribution in [0.1, 0.15) is 30.9 Å². The average molecular weight is 218 g/mol. The van der Waals surface area contributed by atoms with Crippen LogP contribution in [0.2, 0.25) is 0 Å². The van der Waals surface area contributed by atoms with Gasteiger partial charge in [-0.25, -0.2) is 0 Å². The molecule has 0 heterocycles. The fraction of sp³-hybridized carbons (Fsp3) is 0.571. The maximum Gasteiger partial charge on any atom is 0.0343 e. The molecule has 0 saturated heterocycles. The van der Waals surface area contributed by atoms with Gasteiger partial charge in [0.15, 0.2) is 0 Å². The predicted molar refractivity (Wildman–Crippen MR) is 69.8 cm³/mol. The molecule has 2 rings (SSSR count). The van der Waals surface area contributed by atoms with Crippen LogP contribution < -0.4 is 11.1 Å². The molecule has 1 aliphatic carbocycles. The van der Waals surface area contributed by atoms with E-state index in [9.17, 15) is 0 Å². The van der Waals surface area contributed by atoms with Crippen molar-refractivity contribution in [2.45, 2.75) is 32.6 Å². The fourth-order valence-corrected chi connectivity index (χ4v) is 2.26. The van der Waals surface area contributed by atoms with E-state index >= 15 is 0 Å². The second-order valence-electron chi connectivity index (χ2n) is 4.89. The first-order valence-electron chi connectivity index (χ1n) is 6.35. The van der Waals surface area contributed by atoms with Gasteiger partial charge in [0.05, 0.1) is 0 Å².